The van der Waals surface area contributed by atoms with Crippen LogP contribution in [0.15, 0.2) is 12.3 Å². The molecular weight excluding hydrogens is 795 g/mol. The zero-order chi connectivity index (χ0) is 44.1. The summed E-state index contributed by atoms with van der Waals surface area (Å²) in [5.74, 6) is -2.47. The lowest BCUT2D eigenvalue weighted by Gasteiger charge is -2.16. The van der Waals surface area contributed by atoms with E-state index in [2.05, 4.69) is 58.0 Å². The third-order valence-corrected chi connectivity index (χ3v) is 10.9. The smallest absolute Gasteiger partial charge is 0.326 e. The second-order valence-corrected chi connectivity index (χ2v) is 16.4. The minimum Gasteiger partial charge on any atom is -0.481 e. The fraction of sp³-hybridized carbons (Fsp3) is 0.810. The van der Waals surface area contributed by atoms with Crippen LogP contribution in [0.25, 0.3) is 0 Å². The fourth-order valence-corrected chi connectivity index (χ4v) is 7.06. The van der Waals surface area contributed by atoms with Crippen molar-refractivity contribution in [2.75, 3.05) is 19.6 Å². The number of carbonyl (C=O) groups is 6. The highest BCUT2D eigenvalue weighted by atomic mass is 32.1. The molecule has 0 rings (SSSR count). The molecule has 3 unspecified atom stereocenters. The summed E-state index contributed by atoms with van der Waals surface area (Å²) in [4.78, 5) is 70.6. The van der Waals surface area contributed by atoms with Crippen LogP contribution in [-0.2, 0) is 28.8 Å². The van der Waals surface area contributed by atoms with Crippen molar-refractivity contribution in [1.29, 1.82) is 0 Å². The third kappa shape index (κ3) is 34.5. The van der Waals surface area contributed by atoms with Crippen LogP contribution < -0.4 is 37.5 Å². The Morgan fingerprint density at radius 2 is 0.915 bits per heavy atom. The van der Waals surface area contributed by atoms with Crippen LogP contribution in [0.4, 0.5) is 0 Å². The molecule has 0 aromatic heterocycles. The number of rotatable bonds is 42. The topological polar surface area (TPSA) is 255 Å². The number of aliphatic carboxylic acids is 2. The highest BCUT2D eigenvalue weighted by Crippen LogP contribution is 2.14. The van der Waals surface area contributed by atoms with Gasteiger partial charge in [0.05, 0.1) is 18.1 Å². The number of nitrogens with two attached hydrogens (primary N) is 2. The summed E-state index contributed by atoms with van der Waals surface area (Å²) < 4.78 is 2.61. The number of nitrogens with one attached hydrogen (secondary N) is 5. The van der Waals surface area contributed by atoms with Gasteiger partial charge in [0.15, 0.2) is 0 Å². The summed E-state index contributed by atoms with van der Waals surface area (Å²) >= 11 is 7.71. The summed E-state index contributed by atoms with van der Waals surface area (Å²) in [5, 5.41) is 29.5. The Morgan fingerprint density at radius 3 is 1.32 bits per heavy atom. The number of thiol groups is 2. The van der Waals surface area contributed by atoms with Gasteiger partial charge in [-0.25, -0.2) is 4.79 Å². The van der Waals surface area contributed by atoms with Crippen molar-refractivity contribution in [3.8, 4) is 0 Å². The lowest BCUT2D eigenvalue weighted by Crippen LogP contribution is -2.42. The van der Waals surface area contributed by atoms with Gasteiger partial charge >= 0.3 is 11.9 Å². The SMILES string of the molecule is C=C(CCC(NC(=O)CCCCCCCCCCCCCCCCC(=O)O)C(=O)O)NCCCC[C@H](N)C(=O)NCCCCC(N)C(=O)NCCCCC(NS)C(=O)S. The summed E-state index contributed by atoms with van der Waals surface area (Å²) in [6, 6.07) is -2.67. The first kappa shape index (κ1) is 56.1. The molecule has 0 aliphatic heterocycles. The quantitative estimate of drug-likeness (QED) is 0.0272. The third-order valence-electron chi connectivity index (χ3n) is 10.3. The number of allylic oxidation sites excluding steroid dienone is 1. The summed E-state index contributed by atoms with van der Waals surface area (Å²) in [6.07, 6.45) is 22.4. The van der Waals surface area contributed by atoms with E-state index in [4.69, 9.17) is 16.6 Å². The number of unbranched alkanes of at least 4 members (excludes halogenated alkanes) is 16. The largest absolute Gasteiger partial charge is 0.481 e. The minimum atomic E-state index is -1.06. The van der Waals surface area contributed by atoms with E-state index in [9.17, 15) is 33.9 Å². The van der Waals surface area contributed by atoms with Gasteiger partial charge in [-0.1, -0.05) is 96.4 Å². The molecule has 0 fully saturated rings. The second kappa shape index (κ2) is 38.1. The Balaban J connectivity index is 3.87. The summed E-state index contributed by atoms with van der Waals surface area (Å²) in [5.41, 5.74) is 12.7. The monoisotopic (exact) mass is 874 g/mol. The van der Waals surface area contributed by atoms with E-state index in [1.165, 1.54) is 44.9 Å². The molecule has 0 heterocycles. The fourth-order valence-electron chi connectivity index (χ4n) is 6.52. The predicted octanol–water partition coefficient (Wildman–Crippen LogP) is 5.42. The van der Waals surface area contributed by atoms with Crippen molar-refractivity contribution >= 4 is 60.2 Å². The molecule has 0 aromatic carbocycles. The molecular formula is C42H79N7O8S2. The number of carbonyl (C=O) groups excluding carboxylic acids is 4. The van der Waals surface area contributed by atoms with Crippen molar-refractivity contribution in [1.82, 2.24) is 26.0 Å². The Bertz CT molecular complexity index is 1200. The number of amides is 3. The van der Waals surface area contributed by atoms with E-state index in [1.807, 2.05) is 0 Å². The van der Waals surface area contributed by atoms with Crippen LogP contribution in [0.3, 0.4) is 0 Å². The number of hydrogen-bond acceptors (Lipinski definition) is 11. The molecule has 0 aliphatic carbocycles. The van der Waals surface area contributed by atoms with E-state index in [-0.39, 0.29) is 35.7 Å². The molecule has 0 saturated heterocycles. The number of carboxylic acids is 2. The van der Waals surface area contributed by atoms with Gasteiger partial charge in [-0.3, -0.25) is 28.7 Å². The molecule has 0 spiro atoms. The Hall–Kier alpha value is -2.86. The van der Waals surface area contributed by atoms with Gasteiger partial charge in [-0.2, -0.15) is 0 Å². The van der Waals surface area contributed by atoms with Crippen molar-refractivity contribution in [3.05, 3.63) is 12.3 Å². The Kier molecular flexibility index (Phi) is 36.2. The van der Waals surface area contributed by atoms with Crippen molar-refractivity contribution < 1.29 is 39.0 Å². The van der Waals surface area contributed by atoms with E-state index in [1.54, 1.807) is 0 Å². The van der Waals surface area contributed by atoms with Crippen molar-refractivity contribution in [2.45, 2.75) is 198 Å². The van der Waals surface area contributed by atoms with Gasteiger partial charge in [-0.05, 0) is 83.5 Å². The van der Waals surface area contributed by atoms with Crippen molar-refractivity contribution in [2.24, 2.45) is 11.5 Å². The lowest BCUT2D eigenvalue weighted by molar-refractivity contribution is -0.142. The maximum Gasteiger partial charge on any atom is 0.326 e. The van der Waals surface area contributed by atoms with Crippen LogP contribution in [0.1, 0.15) is 173 Å². The maximum absolute atomic E-state index is 12.4. The van der Waals surface area contributed by atoms with Crippen molar-refractivity contribution in [3.63, 3.8) is 0 Å². The average molecular weight is 874 g/mol. The molecule has 0 aromatic rings. The maximum atomic E-state index is 12.4. The summed E-state index contributed by atoms with van der Waals surface area (Å²) in [6.45, 7) is 5.50. The second-order valence-electron chi connectivity index (χ2n) is 15.7. The van der Waals surface area contributed by atoms with E-state index in [0.717, 1.165) is 57.8 Å². The number of carboxylic acid groups (broad SMARTS) is 2. The molecule has 0 aliphatic rings. The number of hydrogen-bond donors (Lipinski definition) is 11. The molecule has 59 heavy (non-hydrogen) atoms. The molecule has 0 saturated carbocycles. The van der Waals surface area contributed by atoms with Gasteiger partial charge in [0, 0.05) is 38.2 Å². The van der Waals surface area contributed by atoms with E-state index < -0.39 is 36.1 Å². The zero-order valence-electron chi connectivity index (χ0n) is 35.6. The molecule has 11 N–H and O–H groups in total. The molecule has 3 amide bonds. The highest BCUT2D eigenvalue weighted by molar-refractivity contribution is 7.96. The Morgan fingerprint density at radius 1 is 0.508 bits per heavy atom. The standard InChI is InChI=1S/C42H79N7O8S2/c1-32(27-28-35(41(55)56)48-37(50)25-14-12-10-8-6-4-2-3-5-7-9-11-13-15-26-38(51)52)45-29-19-16-22-33(43)39(53)46-30-20-17-23-34(44)40(54)47-31-21-18-24-36(49-59)42(57)58/h33-36,45,49,59H,1-31,43-44H2,(H,46,53)(H,47,54)(H,48,50)(H,51,52)(H,55,56)(H,57,58)/t33-,34?,35?,36?/m0/s1. The molecule has 0 radical (unpaired) electrons. The summed E-state index contributed by atoms with van der Waals surface area (Å²) in [7, 11) is 0. The van der Waals surface area contributed by atoms with E-state index in [0.29, 0.717) is 83.1 Å². The molecule has 17 heteroatoms. The zero-order valence-corrected chi connectivity index (χ0v) is 37.4. The van der Waals surface area contributed by atoms with Crippen LogP contribution in [0.5, 0.6) is 0 Å². The van der Waals surface area contributed by atoms with Crippen LogP contribution in [0, 0.1) is 0 Å². The highest BCUT2D eigenvalue weighted by Gasteiger charge is 2.20. The minimum absolute atomic E-state index is 0.227. The van der Waals surface area contributed by atoms with Crippen LogP contribution in [-0.4, -0.2) is 88.8 Å². The normalized spacial score (nSPS) is 13.2. The van der Waals surface area contributed by atoms with Crippen LogP contribution >= 0.6 is 25.4 Å². The predicted molar refractivity (Wildman–Crippen MR) is 241 cm³/mol. The first-order valence-corrected chi connectivity index (χ1v) is 23.0. The average Bonchev–Trinajstić information content (AvgIpc) is 3.19. The molecule has 342 valence electrons. The van der Waals surface area contributed by atoms with Gasteiger partial charge in [-0.15, -0.1) is 12.6 Å². The van der Waals surface area contributed by atoms with Gasteiger partial charge < -0.3 is 42.9 Å². The van der Waals surface area contributed by atoms with Crippen LogP contribution in [0.2, 0.25) is 0 Å². The molecule has 4 atom stereocenters. The lowest BCUT2D eigenvalue weighted by atomic mass is 10.0. The molecule has 15 nitrogen and oxygen atoms in total. The Labute approximate surface area is 364 Å². The van der Waals surface area contributed by atoms with E-state index >= 15 is 0 Å². The van der Waals surface area contributed by atoms with Gasteiger partial charge in [0.25, 0.3) is 0 Å². The first-order chi connectivity index (χ1) is 28.3. The van der Waals surface area contributed by atoms with Gasteiger partial charge in [0.1, 0.15) is 6.04 Å². The molecule has 0 bridgehead atoms. The first-order valence-electron chi connectivity index (χ1n) is 22.1. The van der Waals surface area contributed by atoms with Gasteiger partial charge in [0.2, 0.25) is 22.8 Å².